The lowest BCUT2D eigenvalue weighted by Gasteiger charge is -2.13. The number of nitrogens with zero attached hydrogens (tertiary/aromatic N) is 2. The summed E-state index contributed by atoms with van der Waals surface area (Å²) < 4.78 is 5.61. The molecule has 4 nitrogen and oxygen atoms in total. The van der Waals surface area contributed by atoms with Gasteiger partial charge < -0.3 is 14.6 Å². The summed E-state index contributed by atoms with van der Waals surface area (Å²) in [5.41, 5.74) is 1.12. The van der Waals surface area contributed by atoms with Gasteiger partial charge in [0.1, 0.15) is 11.5 Å². The molecule has 0 radical (unpaired) electrons. The number of aryl methyl sites for hydroxylation is 2. The topological polar surface area (TPSA) is 41.3 Å². The predicted molar refractivity (Wildman–Crippen MR) is 84.4 cm³/mol. The molecule has 20 heavy (non-hydrogen) atoms. The van der Waals surface area contributed by atoms with Gasteiger partial charge in [0.15, 0.2) is 5.13 Å². The fraction of sp³-hybridized carbons (Fsp3) is 0.533. The lowest BCUT2D eigenvalue weighted by atomic mass is 10.4. The second-order valence-electron chi connectivity index (χ2n) is 5.05. The summed E-state index contributed by atoms with van der Waals surface area (Å²) in [5.74, 6) is 1.93. The number of furan rings is 1. The van der Waals surface area contributed by atoms with E-state index in [1.807, 2.05) is 19.1 Å². The van der Waals surface area contributed by atoms with Crippen LogP contribution in [0.15, 0.2) is 16.5 Å². The highest BCUT2D eigenvalue weighted by atomic mass is 32.1. The smallest absolute Gasteiger partial charge is 0.185 e. The molecule has 0 saturated heterocycles. The molecule has 5 heteroatoms. The van der Waals surface area contributed by atoms with Crippen molar-refractivity contribution >= 4 is 16.5 Å². The molecule has 0 amide bonds. The van der Waals surface area contributed by atoms with Gasteiger partial charge in [-0.05, 0) is 38.9 Å². The molecule has 0 aliphatic heterocycles. The highest BCUT2D eigenvalue weighted by Crippen LogP contribution is 2.26. The summed E-state index contributed by atoms with van der Waals surface area (Å²) in [5, 5.41) is 4.48. The van der Waals surface area contributed by atoms with Crippen molar-refractivity contribution in [2.45, 2.75) is 40.3 Å². The number of rotatable bonds is 7. The van der Waals surface area contributed by atoms with Crippen LogP contribution in [0.5, 0.6) is 0 Å². The van der Waals surface area contributed by atoms with E-state index in [4.69, 9.17) is 4.42 Å². The predicted octanol–water partition coefficient (Wildman–Crippen LogP) is 3.49. The standard InChI is InChI=1S/C15H23N3OS/c1-5-8-16-9-14-12(3)17-15(20-14)18(4)10-13-7-6-11(2)19-13/h6-7,16H,5,8-10H2,1-4H3. The van der Waals surface area contributed by atoms with Gasteiger partial charge in [0.2, 0.25) is 0 Å². The zero-order valence-corrected chi connectivity index (χ0v) is 13.5. The van der Waals surface area contributed by atoms with E-state index in [1.165, 1.54) is 4.88 Å². The molecule has 0 bridgehead atoms. The van der Waals surface area contributed by atoms with Crippen molar-refractivity contribution < 1.29 is 4.42 Å². The van der Waals surface area contributed by atoms with E-state index in [0.29, 0.717) is 0 Å². The Kier molecular flexibility index (Phi) is 5.20. The van der Waals surface area contributed by atoms with Crippen molar-refractivity contribution in [1.29, 1.82) is 0 Å². The molecule has 0 aromatic carbocycles. The van der Waals surface area contributed by atoms with Crippen molar-refractivity contribution in [3.63, 3.8) is 0 Å². The van der Waals surface area contributed by atoms with Crippen LogP contribution >= 0.6 is 11.3 Å². The van der Waals surface area contributed by atoms with Gasteiger partial charge in [-0.2, -0.15) is 0 Å². The van der Waals surface area contributed by atoms with Crippen LogP contribution in [-0.2, 0) is 13.1 Å². The van der Waals surface area contributed by atoms with E-state index in [0.717, 1.165) is 48.4 Å². The SMILES string of the molecule is CCCNCc1sc(N(C)Cc2ccc(C)o2)nc1C. The minimum atomic E-state index is 0.753. The van der Waals surface area contributed by atoms with Gasteiger partial charge in [0, 0.05) is 18.5 Å². The Bertz CT molecular complexity index is 547. The van der Waals surface area contributed by atoms with E-state index in [2.05, 4.69) is 36.1 Å². The van der Waals surface area contributed by atoms with Gasteiger partial charge in [0.25, 0.3) is 0 Å². The first-order valence-electron chi connectivity index (χ1n) is 7.03. The van der Waals surface area contributed by atoms with E-state index in [9.17, 15) is 0 Å². The summed E-state index contributed by atoms with van der Waals surface area (Å²) in [6.45, 7) is 8.93. The maximum absolute atomic E-state index is 5.61. The van der Waals surface area contributed by atoms with Crippen LogP contribution in [0.4, 0.5) is 5.13 Å². The molecule has 2 aromatic rings. The van der Waals surface area contributed by atoms with E-state index in [-0.39, 0.29) is 0 Å². The van der Waals surface area contributed by atoms with Crippen LogP contribution in [0, 0.1) is 13.8 Å². The monoisotopic (exact) mass is 293 g/mol. The number of nitrogens with one attached hydrogen (secondary N) is 1. The zero-order chi connectivity index (χ0) is 14.5. The Hall–Kier alpha value is -1.33. The van der Waals surface area contributed by atoms with Gasteiger partial charge in [-0.3, -0.25) is 0 Å². The van der Waals surface area contributed by atoms with Crippen LogP contribution < -0.4 is 10.2 Å². The molecule has 0 aliphatic rings. The lowest BCUT2D eigenvalue weighted by molar-refractivity contribution is 0.481. The maximum Gasteiger partial charge on any atom is 0.185 e. The Balaban J connectivity index is 1.99. The molecule has 0 unspecified atom stereocenters. The summed E-state index contributed by atoms with van der Waals surface area (Å²) in [6.07, 6.45) is 1.16. The minimum Gasteiger partial charge on any atom is -0.464 e. The maximum atomic E-state index is 5.61. The van der Waals surface area contributed by atoms with Crippen molar-refractivity contribution in [2.75, 3.05) is 18.5 Å². The molecule has 2 rings (SSSR count). The first-order chi connectivity index (χ1) is 9.60. The average molecular weight is 293 g/mol. The molecule has 1 N–H and O–H groups in total. The summed E-state index contributed by atoms with van der Waals surface area (Å²) in [7, 11) is 2.05. The molecule has 0 fully saturated rings. The van der Waals surface area contributed by atoms with Crippen LogP contribution in [0.1, 0.15) is 35.4 Å². The molecule has 2 heterocycles. The number of anilines is 1. The molecule has 0 aliphatic carbocycles. The van der Waals surface area contributed by atoms with Gasteiger partial charge >= 0.3 is 0 Å². The second kappa shape index (κ2) is 6.90. The fourth-order valence-electron chi connectivity index (χ4n) is 1.99. The van der Waals surface area contributed by atoms with E-state index < -0.39 is 0 Å². The van der Waals surface area contributed by atoms with Gasteiger partial charge in [-0.15, -0.1) is 11.3 Å². The van der Waals surface area contributed by atoms with E-state index >= 15 is 0 Å². The number of hydrogen-bond donors (Lipinski definition) is 1. The summed E-state index contributed by atoms with van der Waals surface area (Å²) in [6, 6.07) is 4.02. The summed E-state index contributed by atoms with van der Waals surface area (Å²) >= 11 is 1.75. The molecular weight excluding hydrogens is 270 g/mol. The Morgan fingerprint density at radius 2 is 2.15 bits per heavy atom. The molecule has 0 saturated carbocycles. The molecule has 2 aromatic heterocycles. The zero-order valence-electron chi connectivity index (χ0n) is 12.7. The molecule has 110 valence electrons. The summed E-state index contributed by atoms with van der Waals surface area (Å²) in [4.78, 5) is 8.11. The van der Waals surface area contributed by atoms with E-state index in [1.54, 1.807) is 11.3 Å². The first-order valence-corrected chi connectivity index (χ1v) is 7.85. The molecule has 0 spiro atoms. The normalized spacial score (nSPS) is 11.0. The van der Waals surface area contributed by atoms with Gasteiger partial charge in [-0.25, -0.2) is 4.98 Å². The number of hydrogen-bond acceptors (Lipinski definition) is 5. The fourth-order valence-corrected chi connectivity index (χ4v) is 2.98. The Morgan fingerprint density at radius 1 is 1.35 bits per heavy atom. The highest BCUT2D eigenvalue weighted by Gasteiger charge is 2.12. The first kappa shape index (κ1) is 15.1. The van der Waals surface area contributed by atoms with Gasteiger partial charge in [0.05, 0.1) is 12.2 Å². The average Bonchev–Trinajstić information content (AvgIpc) is 2.97. The minimum absolute atomic E-state index is 0.753. The lowest BCUT2D eigenvalue weighted by Crippen LogP contribution is -2.15. The third kappa shape index (κ3) is 3.84. The number of aromatic nitrogens is 1. The van der Waals surface area contributed by atoms with Crippen LogP contribution in [-0.4, -0.2) is 18.6 Å². The Morgan fingerprint density at radius 3 is 2.80 bits per heavy atom. The molecular formula is C15H23N3OS. The third-order valence-corrected chi connectivity index (χ3v) is 4.38. The van der Waals surface area contributed by atoms with Crippen LogP contribution in [0.25, 0.3) is 0 Å². The van der Waals surface area contributed by atoms with Crippen molar-refractivity contribution in [3.05, 3.63) is 34.2 Å². The highest BCUT2D eigenvalue weighted by molar-refractivity contribution is 7.15. The Labute approximate surface area is 124 Å². The van der Waals surface area contributed by atoms with Crippen LogP contribution in [0.3, 0.4) is 0 Å². The number of thiazole rings is 1. The quantitative estimate of drug-likeness (QED) is 0.793. The third-order valence-electron chi connectivity index (χ3n) is 3.11. The van der Waals surface area contributed by atoms with Crippen LogP contribution in [0.2, 0.25) is 0 Å². The second-order valence-corrected chi connectivity index (χ2v) is 6.11. The van der Waals surface area contributed by atoms with Gasteiger partial charge in [-0.1, -0.05) is 6.92 Å². The van der Waals surface area contributed by atoms with Crippen molar-refractivity contribution in [3.8, 4) is 0 Å². The largest absolute Gasteiger partial charge is 0.464 e. The molecule has 0 atom stereocenters. The van der Waals surface area contributed by atoms with Crippen molar-refractivity contribution in [1.82, 2.24) is 10.3 Å². The van der Waals surface area contributed by atoms with Crippen molar-refractivity contribution in [2.24, 2.45) is 0 Å².